The molecule has 2 aromatic carbocycles. The molecular formula is C17H10F5NO4. The molecule has 0 aromatic heterocycles. The van der Waals surface area contributed by atoms with Crippen LogP contribution in [-0.4, -0.2) is 29.6 Å². The number of anilines is 1. The number of benzene rings is 2. The fourth-order valence-electron chi connectivity index (χ4n) is 2.72. The number of rotatable bonds is 3. The van der Waals surface area contributed by atoms with Crippen molar-refractivity contribution in [2.24, 2.45) is 0 Å². The molecule has 142 valence electrons. The summed E-state index contributed by atoms with van der Waals surface area (Å²) in [5, 5.41) is 9.16. The highest BCUT2D eigenvalue weighted by molar-refractivity contribution is 6.03. The van der Waals surface area contributed by atoms with Crippen molar-refractivity contribution < 1.29 is 41.4 Å². The van der Waals surface area contributed by atoms with E-state index in [0.717, 1.165) is 23.1 Å². The molecule has 2 aromatic rings. The molecule has 0 saturated carbocycles. The molecule has 0 bridgehead atoms. The summed E-state index contributed by atoms with van der Waals surface area (Å²) in [6.07, 6.45) is 0. The fourth-order valence-corrected chi connectivity index (χ4v) is 2.72. The minimum atomic E-state index is -2.30. The second kappa shape index (κ2) is 6.53. The van der Waals surface area contributed by atoms with Gasteiger partial charge in [0.2, 0.25) is 5.82 Å². The van der Waals surface area contributed by atoms with Crippen LogP contribution in [-0.2, 0) is 9.59 Å². The first-order valence-electron chi connectivity index (χ1n) is 7.48. The van der Waals surface area contributed by atoms with E-state index in [1.54, 1.807) is 0 Å². The molecule has 1 amide bonds. The van der Waals surface area contributed by atoms with Crippen molar-refractivity contribution >= 4 is 17.6 Å². The number of nitrogens with zero attached hydrogens (tertiary/aromatic N) is 1. The van der Waals surface area contributed by atoms with Crippen LogP contribution in [0, 0.1) is 29.1 Å². The van der Waals surface area contributed by atoms with E-state index in [1.165, 1.54) is 6.92 Å². The van der Waals surface area contributed by atoms with E-state index >= 15 is 0 Å². The SMILES string of the molecule is C[C@@H](C(=O)O)N1C(=O)COc2ccc(-c3c(F)c(F)c(F)c(F)c3F)cc21. The largest absolute Gasteiger partial charge is 0.482 e. The van der Waals surface area contributed by atoms with Gasteiger partial charge < -0.3 is 9.84 Å². The van der Waals surface area contributed by atoms with E-state index < -0.39 is 64.7 Å². The summed E-state index contributed by atoms with van der Waals surface area (Å²) in [5.74, 6) is -12.7. The maximum atomic E-state index is 14.1. The lowest BCUT2D eigenvalue weighted by Crippen LogP contribution is -2.48. The molecule has 0 saturated heterocycles. The highest BCUT2D eigenvalue weighted by atomic mass is 19.2. The Labute approximate surface area is 148 Å². The van der Waals surface area contributed by atoms with E-state index in [4.69, 9.17) is 9.84 Å². The van der Waals surface area contributed by atoms with Crippen LogP contribution >= 0.6 is 0 Å². The van der Waals surface area contributed by atoms with E-state index in [2.05, 4.69) is 0 Å². The first-order chi connectivity index (χ1) is 12.6. The summed E-state index contributed by atoms with van der Waals surface area (Å²) in [4.78, 5) is 24.1. The minimum absolute atomic E-state index is 0.0234. The Morgan fingerprint density at radius 1 is 1.07 bits per heavy atom. The van der Waals surface area contributed by atoms with Crippen molar-refractivity contribution in [2.75, 3.05) is 11.5 Å². The molecule has 10 heteroatoms. The van der Waals surface area contributed by atoms with Gasteiger partial charge in [0.05, 0.1) is 11.3 Å². The summed E-state index contributed by atoms with van der Waals surface area (Å²) < 4.78 is 73.4. The molecule has 3 rings (SSSR count). The average molecular weight is 387 g/mol. The molecule has 1 N–H and O–H groups in total. The standard InChI is InChI=1S/C17H10F5NO4/c1-6(17(25)26)23-8-4-7(2-3-9(8)27-5-10(23)24)11-12(18)14(20)16(22)15(21)13(11)19/h2-4,6H,5H2,1H3,(H,25,26)/t6-/m0/s1. The van der Waals surface area contributed by atoms with Gasteiger partial charge in [0.15, 0.2) is 29.9 Å². The third kappa shape index (κ3) is 2.86. The van der Waals surface area contributed by atoms with Crippen molar-refractivity contribution in [2.45, 2.75) is 13.0 Å². The van der Waals surface area contributed by atoms with Crippen LogP contribution in [0.25, 0.3) is 11.1 Å². The first kappa shape index (κ1) is 18.6. The highest BCUT2D eigenvalue weighted by Gasteiger charge is 2.34. The molecule has 1 aliphatic rings. The van der Waals surface area contributed by atoms with Gasteiger partial charge in [-0.1, -0.05) is 6.07 Å². The third-order valence-electron chi connectivity index (χ3n) is 4.08. The molecular weight excluding hydrogens is 377 g/mol. The number of carboxylic acid groups (broad SMARTS) is 1. The summed E-state index contributed by atoms with van der Waals surface area (Å²) in [6.45, 7) is 0.729. The van der Waals surface area contributed by atoms with Crippen LogP contribution in [0.3, 0.4) is 0 Å². The lowest BCUT2D eigenvalue weighted by molar-refractivity contribution is -0.140. The van der Waals surface area contributed by atoms with Crippen LogP contribution in [0.15, 0.2) is 18.2 Å². The predicted molar refractivity (Wildman–Crippen MR) is 81.7 cm³/mol. The molecule has 27 heavy (non-hydrogen) atoms. The lowest BCUT2D eigenvalue weighted by atomic mass is 10.0. The summed E-state index contributed by atoms with van der Waals surface area (Å²) in [6, 6.07) is 1.77. The van der Waals surface area contributed by atoms with Gasteiger partial charge in [-0.3, -0.25) is 9.69 Å². The monoisotopic (exact) mass is 387 g/mol. The molecule has 5 nitrogen and oxygen atoms in total. The fraction of sp³-hybridized carbons (Fsp3) is 0.176. The smallest absolute Gasteiger partial charge is 0.326 e. The molecule has 1 heterocycles. The van der Waals surface area contributed by atoms with Crippen LogP contribution < -0.4 is 9.64 Å². The van der Waals surface area contributed by atoms with Crippen molar-refractivity contribution in [1.29, 1.82) is 0 Å². The first-order valence-corrected chi connectivity index (χ1v) is 7.48. The van der Waals surface area contributed by atoms with Gasteiger partial charge >= 0.3 is 5.97 Å². The van der Waals surface area contributed by atoms with Crippen LogP contribution in [0.1, 0.15) is 6.92 Å². The quantitative estimate of drug-likeness (QED) is 0.499. The summed E-state index contributed by atoms with van der Waals surface area (Å²) in [5.41, 5.74) is -1.81. The molecule has 0 fully saturated rings. The maximum Gasteiger partial charge on any atom is 0.326 e. The Morgan fingerprint density at radius 2 is 1.63 bits per heavy atom. The summed E-state index contributed by atoms with van der Waals surface area (Å²) in [7, 11) is 0. The van der Waals surface area contributed by atoms with Gasteiger partial charge in [-0.25, -0.2) is 26.7 Å². The Hall–Kier alpha value is -3.17. The van der Waals surface area contributed by atoms with Crippen molar-refractivity contribution in [3.8, 4) is 16.9 Å². The Morgan fingerprint density at radius 3 is 2.19 bits per heavy atom. The van der Waals surface area contributed by atoms with E-state index in [9.17, 15) is 31.5 Å². The number of ether oxygens (including phenoxy) is 1. The highest BCUT2D eigenvalue weighted by Crippen LogP contribution is 2.39. The normalized spacial score (nSPS) is 14.6. The van der Waals surface area contributed by atoms with Gasteiger partial charge in [0.25, 0.3) is 5.91 Å². The summed E-state index contributed by atoms with van der Waals surface area (Å²) >= 11 is 0. The molecule has 0 unspecified atom stereocenters. The number of carbonyl (C=O) groups excluding carboxylic acids is 1. The molecule has 0 spiro atoms. The topological polar surface area (TPSA) is 66.8 Å². The molecule has 1 aliphatic heterocycles. The Balaban J connectivity index is 2.23. The number of carboxylic acids is 1. The average Bonchev–Trinajstić information content (AvgIpc) is 2.64. The number of carbonyl (C=O) groups is 2. The zero-order valence-corrected chi connectivity index (χ0v) is 13.5. The predicted octanol–water partition coefficient (Wildman–Crippen LogP) is 3.25. The van der Waals surface area contributed by atoms with Crippen LogP contribution in [0.4, 0.5) is 27.6 Å². The zero-order valence-electron chi connectivity index (χ0n) is 13.5. The Kier molecular flexibility index (Phi) is 4.50. The van der Waals surface area contributed by atoms with Crippen molar-refractivity contribution in [3.05, 3.63) is 47.3 Å². The van der Waals surface area contributed by atoms with Gasteiger partial charge in [-0.15, -0.1) is 0 Å². The second-order valence-corrected chi connectivity index (χ2v) is 5.69. The lowest BCUT2D eigenvalue weighted by Gasteiger charge is -2.32. The van der Waals surface area contributed by atoms with Gasteiger partial charge in [0.1, 0.15) is 11.8 Å². The number of fused-ring (bicyclic) bond motifs is 1. The van der Waals surface area contributed by atoms with E-state index in [0.29, 0.717) is 0 Å². The van der Waals surface area contributed by atoms with Crippen molar-refractivity contribution in [1.82, 2.24) is 0 Å². The van der Waals surface area contributed by atoms with E-state index in [-0.39, 0.29) is 11.4 Å². The van der Waals surface area contributed by atoms with Crippen molar-refractivity contribution in [3.63, 3.8) is 0 Å². The number of hydrogen-bond donors (Lipinski definition) is 1. The molecule has 1 atom stereocenters. The molecule has 0 radical (unpaired) electrons. The molecule has 0 aliphatic carbocycles. The van der Waals surface area contributed by atoms with Crippen LogP contribution in [0.2, 0.25) is 0 Å². The van der Waals surface area contributed by atoms with E-state index in [1.807, 2.05) is 0 Å². The van der Waals surface area contributed by atoms with Gasteiger partial charge in [0, 0.05) is 0 Å². The number of hydrogen-bond acceptors (Lipinski definition) is 3. The zero-order chi connectivity index (χ0) is 20.0. The number of aliphatic carboxylic acids is 1. The number of amides is 1. The Bertz CT molecular complexity index is 949. The third-order valence-corrected chi connectivity index (χ3v) is 4.08. The van der Waals surface area contributed by atoms with Crippen LogP contribution in [0.5, 0.6) is 5.75 Å². The number of halogens is 5. The van der Waals surface area contributed by atoms with Gasteiger partial charge in [-0.05, 0) is 24.6 Å². The maximum absolute atomic E-state index is 14.1. The van der Waals surface area contributed by atoms with Gasteiger partial charge in [-0.2, -0.15) is 0 Å². The minimum Gasteiger partial charge on any atom is -0.482 e. The second-order valence-electron chi connectivity index (χ2n) is 5.69.